The molecule has 1 fully saturated rings. The standard InChI is InChI=1S/C35H29F7N2O4.C34H20F13NO.C27H22F8N2O3/c1-33(38,39)24-9-5-8-23(16-24)31(45)43-34(21-22-6-3-2-4-7-22,26-17-27(35(40,41)42)19-28(36)18-26)25-10-11-29(37)30(20-25)48-32(46)44-12-14-47-15-13-44;1-2-18-3-5-19(6-4-18)16-31(22-8-10-28(37)26(15-22)34(45,46)47,23-11-20(12-24(35)14-23)17-32(40,41)30(38)39)48-29(49)21-7-9-27(36)25(13-21)33(42,43)44;1-16(38)26(32,33)15-36-24(39)37-25(14-17-5-3-2-4-6-17,18-7-9-20(28)10-8-18)19-11-21(29)13-22(12-19)40-27(34,35)23(30)31/h2-11,16-20H,12-15,21H2,1H3,(H,43,45);1,3-15,30H,16-17H2,(H,48,49);2-13,23H,14-15H2,1H3,(H2,36,37,39)/t34-;31-;25-/m101/s1. The zero-order valence-corrected chi connectivity index (χ0v) is 70.5. The molecule has 41 heteroatoms. The molecule has 11 aromatic carbocycles. The summed E-state index contributed by atoms with van der Waals surface area (Å²) in [5, 5.41) is 9.15. The van der Waals surface area contributed by atoms with E-state index in [1.165, 1.54) is 53.4 Å². The number of Topliss-reactive ketones (excluding diaryl/α,β-unsaturated/α-hetero) is 1. The Balaban J connectivity index is 0.000000213. The summed E-state index contributed by atoms with van der Waals surface area (Å²) in [7, 11) is 0. The van der Waals surface area contributed by atoms with Crippen LogP contribution in [0.2, 0.25) is 0 Å². The van der Waals surface area contributed by atoms with Gasteiger partial charge in [0.25, 0.3) is 17.7 Å². The summed E-state index contributed by atoms with van der Waals surface area (Å²) in [6.45, 7) is 0.582. The highest BCUT2D eigenvalue weighted by molar-refractivity contribution is 5.96. The lowest BCUT2D eigenvalue weighted by Gasteiger charge is -2.37. The number of alkyl halides is 21. The first kappa shape index (κ1) is 105. The number of nitrogens with zero attached hydrogens (tertiary/aromatic N) is 1. The van der Waals surface area contributed by atoms with E-state index >= 15 is 13.2 Å². The van der Waals surface area contributed by atoms with E-state index in [1.807, 2.05) is 5.32 Å². The summed E-state index contributed by atoms with van der Waals surface area (Å²) < 4.78 is 405. The van der Waals surface area contributed by atoms with Crippen molar-refractivity contribution in [3.8, 4) is 23.8 Å². The number of amides is 5. The highest BCUT2D eigenvalue weighted by atomic mass is 19.4. The van der Waals surface area contributed by atoms with Crippen molar-refractivity contribution in [3.63, 3.8) is 0 Å². The van der Waals surface area contributed by atoms with Gasteiger partial charge in [-0.25, -0.2) is 57.9 Å². The van der Waals surface area contributed by atoms with Gasteiger partial charge in [0, 0.05) is 80.9 Å². The van der Waals surface area contributed by atoms with Crippen LogP contribution in [0.25, 0.3) is 0 Å². The maximum absolute atomic E-state index is 15.2. The number of hydrogen-bond acceptors (Lipinski definition) is 8. The van der Waals surface area contributed by atoms with Crippen molar-refractivity contribution in [2.45, 2.75) is 111 Å². The number of terminal acetylenes is 1. The van der Waals surface area contributed by atoms with Crippen molar-refractivity contribution in [1.82, 2.24) is 26.2 Å². The molecule has 0 radical (unpaired) electrons. The molecule has 13 nitrogen and oxygen atoms in total. The van der Waals surface area contributed by atoms with Gasteiger partial charge in [-0.15, -0.1) is 6.42 Å². The number of urea groups is 1. The molecule has 0 saturated carbocycles. The molecule has 1 heterocycles. The highest BCUT2D eigenvalue weighted by Crippen LogP contribution is 2.46. The SMILES string of the molecule is C#Cc1ccc(C[C@@](NC(=O)c2ccc(F)c(C(F)(F)F)c2)(c2cc(F)cc(CC(F)(F)C(F)F)c2)c2ccc(F)c(C(F)(F)F)c2)cc1.CC(=O)C(F)(F)CNC(=O)N[C@](Cc1ccccc1)(c1ccc(F)cc1)c1cc(F)cc(OC(F)(F)C(F)F)c1.CC(F)(F)c1cccc(C(=O)N[C@@](Cc2ccccc2)(c2cc(F)cc(C(F)(F)F)c2)c2ccc(F)c(OC(=O)N3CCOCC3)c2)c1. The maximum Gasteiger partial charge on any atom is 0.461 e. The number of nitrogens with one attached hydrogen (secondary N) is 4. The molecule has 3 atom stereocenters. The Labute approximate surface area is 760 Å². The Bertz CT molecular complexity index is 6190. The fourth-order valence-corrected chi connectivity index (χ4v) is 14.3. The lowest BCUT2D eigenvalue weighted by atomic mass is 9.76. The van der Waals surface area contributed by atoms with Gasteiger partial charge in [0.1, 0.15) is 40.7 Å². The van der Waals surface area contributed by atoms with Gasteiger partial charge >= 0.3 is 61.5 Å². The Hall–Kier alpha value is -14.1. The molecule has 0 bridgehead atoms. The first-order chi connectivity index (χ1) is 64.0. The minimum absolute atomic E-state index is 0.0309. The third-order valence-electron chi connectivity index (χ3n) is 21.1. The third-order valence-corrected chi connectivity index (χ3v) is 21.1. The summed E-state index contributed by atoms with van der Waals surface area (Å²) in [4.78, 5) is 65.9. The number of hydrogen-bond donors (Lipinski definition) is 4. The van der Waals surface area contributed by atoms with Crippen LogP contribution in [-0.2, 0) is 76.3 Å². The van der Waals surface area contributed by atoms with E-state index < -0.39 is 223 Å². The molecule has 724 valence electrons. The van der Waals surface area contributed by atoms with Crippen molar-refractivity contribution < 1.29 is 161 Å². The summed E-state index contributed by atoms with van der Waals surface area (Å²) in [5.41, 5.74) is -15.3. The summed E-state index contributed by atoms with van der Waals surface area (Å²) in [6, 6.07) is 39.5. The van der Waals surface area contributed by atoms with Crippen LogP contribution in [0.3, 0.4) is 0 Å². The average Bonchev–Trinajstić information content (AvgIpc) is 0.732. The number of ketones is 1. The van der Waals surface area contributed by atoms with Gasteiger partial charge in [-0.3, -0.25) is 14.4 Å². The van der Waals surface area contributed by atoms with E-state index in [0.717, 1.165) is 60.7 Å². The normalized spacial score (nSPS) is 14.1. The van der Waals surface area contributed by atoms with Crippen LogP contribution in [0, 0.1) is 53.1 Å². The van der Waals surface area contributed by atoms with E-state index in [-0.39, 0.29) is 96.8 Å². The third kappa shape index (κ3) is 26.6. The van der Waals surface area contributed by atoms with Crippen LogP contribution in [0.1, 0.15) is 118 Å². The van der Waals surface area contributed by atoms with Crippen LogP contribution < -0.4 is 30.7 Å². The van der Waals surface area contributed by atoms with Crippen molar-refractivity contribution in [3.05, 3.63) is 378 Å². The highest BCUT2D eigenvalue weighted by Gasteiger charge is 2.49. The molecule has 0 aromatic heterocycles. The molecular formula is C96H71F28N5O8. The van der Waals surface area contributed by atoms with E-state index in [9.17, 15) is 134 Å². The summed E-state index contributed by atoms with van der Waals surface area (Å²) in [5.74, 6) is -24.7. The first-order valence-corrected chi connectivity index (χ1v) is 40.0. The molecule has 1 aliphatic heterocycles. The second kappa shape index (κ2) is 42.5. The molecule has 11 aromatic rings. The quantitative estimate of drug-likeness (QED) is 0.0278. The number of morpholine rings is 1. The number of benzene rings is 11. The predicted molar refractivity (Wildman–Crippen MR) is 438 cm³/mol. The Kier molecular flexibility index (Phi) is 32.5. The van der Waals surface area contributed by atoms with E-state index in [0.29, 0.717) is 73.5 Å². The Morgan fingerprint density at radius 3 is 1.39 bits per heavy atom. The van der Waals surface area contributed by atoms with E-state index in [1.54, 1.807) is 60.7 Å². The largest absolute Gasteiger partial charge is 0.461 e. The van der Waals surface area contributed by atoms with Crippen LogP contribution in [0.15, 0.2) is 243 Å². The second-order valence-electron chi connectivity index (χ2n) is 31.0. The monoisotopic (exact) mass is 1950 g/mol. The molecule has 12 rings (SSSR count). The van der Waals surface area contributed by atoms with Crippen molar-refractivity contribution in [2.75, 3.05) is 32.8 Å². The lowest BCUT2D eigenvalue weighted by Crippen LogP contribution is -2.54. The van der Waals surface area contributed by atoms with Crippen LogP contribution in [0.4, 0.5) is 133 Å². The van der Waals surface area contributed by atoms with Gasteiger partial charge in [0.15, 0.2) is 11.6 Å². The molecule has 0 aliphatic carbocycles. The first-order valence-electron chi connectivity index (χ1n) is 40.0. The van der Waals surface area contributed by atoms with Crippen molar-refractivity contribution >= 4 is 29.7 Å². The number of rotatable bonds is 28. The molecular weight excluding hydrogens is 1880 g/mol. The molecule has 137 heavy (non-hydrogen) atoms. The van der Waals surface area contributed by atoms with Gasteiger partial charge in [-0.1, -0.05) is 121 Å². The van der Waals surface area contributed by atoms with Gasteiger partial charge in [-0.05, 0) is 177 Å². The topological polar surface area (TPSA) is 164 Å². The van der Waals surface area contributed by atoms with Gasteiger partial charge in [0.05, 0.1) is 53.1 Å². The summed E-state index contributed by atoms with van der Waals surface area (Å²) >= 11 is 0. The number of ether oxygens (including phenoxy) is 3. The molecule has 0 unspecified atom stereocenters. The van der Waals surface area contributed by atoms with Crippen molar-refractivity contribution in [2.24, 2.45) is 0 Å². The maximum atomic E-state index is 15.2. The van der Waals surface area contributed by atoms with Gasteiger partial charge < -0.3 is 40.4 Å². The van der Waals surface area contributed by atoms with Crippen LogP contribution >= 0.6 is 0 Å². The predicted octanol–water partition coefficient (Wildman–Crippen LogP) is 23.5. The van der Waals surface area contributed by atoms with Gasteiger partial charge in [-0.2, -0.15) is 74.6 Å². The van der Waals surface area contributed by atoms with E-state index in [2.05, 4.69) is 26.6 Å². The zero-order chi connectivity index (χ0) is 101. The number of carbonyl (C=O) groups is 5. The zero-order valence-electron chi connectivity index (χ0n) is 70.5. The molecule has 1 aliphatic rings. The second-order valence-corrected chi connectivity index (χ2v) is 31.0. The molecule has 4 N–H and O–H groups in total. The number of carbonyl (C=O) groups excluding carboxylic acids is 5. The Morgan fingerprint density at radius 1 is 0.416 bits per heavy atom. The van der Waals surface area contributed by atoms with Gasteiger partial charge in [0.2, 0.25) is 5.78 Å². The minimum atomic E-state index is -5.38. The molecule has 5 amide bonds. The summed E-state index contributed by atoms with van der Waals surface area (Å²) in [6.07, 6.45) is -27.9. The average molecular weight is 1950 g/mol. The molecule has 1 saturated heterocycles. The lowest BCUT2D eigenvalue weighted by molar-refractivity contribution is -0.253. The smallest absolute Gasteiger partial charge is 0.428 e. The fourth-order valence-electron chi connectivity index (χ4n) is 14.3. The Morgan fingerprint density at radius 2 is 0.883 bits per heavy atom. The molecule has 0 spiro atoms. The van der Waals surface area contributed by atoms with Crippen molar-refractivity contribution in [1.29, 1.82) is 0 Å². The van der Waals surface area contributed by atoms with E-state index in [4.69, 9.17) is 15.9 Å². The van der Waals surface area contributed by atoms with Crippen LogP contribution in [-0.4, -0.2) is 98.3 Å². The fraction of sp³-hybridized carbons (Fsp3) is 0.240. The minimum Gasteiger partial charge on any atom is -0.428 e. The number of halogens is 28. The van der Waals surface area contributed by atoms with Crippen LogP contribution in [0.5, 0.6) is 11.5 Å².